The number of hydrogen-bond acceptors (Lipinski definition) is 13. The molecular weight excluding hydrogens is 867 g/mol. The summed E-state index contributed by atoms with van der Waals surface area (Å²) < 4.78 is 22.3. The minimum Gasteiger partial charge on any atom is -0.460 e. The Morgan fingerprint density at radius 1 is 0.853 bits per heavy atom. The van der Waals surface area contributed by atoms with Crippen LogP contribution in [0.2, 0.25) is 0 Å². The molecule has 8 bridgehead atoms. The van der Waals surface area contributed by atoms with Gasteiger partial charge < -0.3 is 39.5 Å². The number of aromatic nitrogens is 4. The highest BCUT2D eigenvalue weighted by atomic mass is 16.6. The van der Waals surface area contributed by atoms with Gasteiger partial charge in [0.15, 0.2) is 0 Å². The smallest absolute Gasteiger partial charge is 0.330 e. The number of aryl methyl sites for hydroxylation is 1. The molecule has 2 aromatic heterocycles. The van der Waals surface area contributed by atoms with E-state index in [-0.39, 0.29) is 43.2 Å². The third kappa shape index (κ3) is 10.4. The average molecular weight is 934 g/mol. The number of nitrogens with one attached hydrogen (secondary N) is 2. The topological polar surface area (TPSA) is 202 Å². The van der Waals surface area contributed by atoms with Gasteiger partial charge in [-0.25, -0.2) is 14.8 Å². The minimum absolute atomic E-state index is 0.0446. The summed E-state index contributed by atoms with van der Waals surface area (Å²) in [4.78, 5) is 81.5. The Morgan fingerprint density at radius 2 is 1.53 bits per heavy atom. The number of likely N-dealkylation sites (N-methyl/N-ethyl adjacent to an activating group) is 1. The summed E-state index contributed by atoms with van der Waals surface area (Å²) in [5.41, 5.74) is 16.4. The molecule has 2 saturated heterocycles. The van der Waals surface area contributed by atoms with Crippen LogP contribution in [0.25, 0.3) is 33.3 Å². The van der Waals surface area contributed by atoms with Crippen molar-refractivity contribution in [3.8, 4) is 0 Å². The van der Waals surface area contributed by atoms with E-state index in [2.05, 4.69) is 33.6 Å². The van der Waals surface area contributed by atoms with Gasteiger partial charge in [0.1, 0.15) is 6.61 Å². The summed E-state index contributed by atoms with van der Waals surface area (Å²) in [6.07, 6.45) is 4.53. The van der Waals surface area contributed by atoms with Crippen molar-refractivity contribution in [2.24, 2.45) is 5.73 Å². The van der Waals surface area contributed by atoms with Gasteiger partial charge in [0, 0.05) is 113 Å². The van der Waals surface area contributed by atoms with E-state index in [0.29, 0.717) is 98.1 Å². The molecule has 2 fully saturated rings. The van der Waals surface area contributed by atoms with E-state index in [4.69, 9.17) is 34.6 Å². The Bertz CT molecular complexity index is 2580. The molecule has 0 radical (unpaired) electrons. The van der Waals surface area contributed by atoms with Crippen LogP contribution >= 0.6 is 0 Å². The molecule has 2 aromatic rings. The fraction of sp³-hybridized carbons (Fsp3) is 0.529. The second-order valence-electron chi connectivity index (χ2n) is 18.3. The number of aromatic amines is 2. The van der Waals surface area contributed by atoms with Gasteiger partial charge in [0.25, 0.3) is 11.8 Å². The maximum Gasteiger partial charge on any atom is 0.330 e. The predicted octanol–water partition coefficient (Wildman–Crippen LogP) is 5.08. The van der Waals surface area contributed by atoms with Crippen LogP contribution in [0.3, 0.4) is 0 Å². The number of nitrogens with two attached hydrogens (primary N) is 1. The molecule has 3 amide bonds. The maximum atomic E-state index is 15.1. The van der Waals surface area contributed by atoms with E-state index < -0.39 is 11.9 Å². The first kappa shape index (κ1) is 48.9. The molecule has 8 heterocycles. The Balaban J connectivity index is 1.22. The van der Waals surface area contributed by atoms with Crippen molar-refractivity contribution >= 4 is 57.0 Å². The number of rotatable bonds is 17. The third-order valence-corrected chi connectivity index (χ3v) is 14.2. The summed E-state index contributed by atoms with van der Waals surface area (Å²) in [6.45, 7) is 19.2. The summed E-state index contributed by atoms with van der Waals surface area (Å²) in [7, 11) is 1.75. The first-order valence-corrected chi connectivity index (χ1v) is 24.2. The zero-order chi connectivity index (χ0) is 48.1. The predicted molar refractivity (Wildman–Crippen MR) is 260 cm³/mol. The maximum absolute atomic E-state index is 15.1. The van der Waals surface area contributed by atoms with Gasteiger partial charge >= 0.3 is 5.97 Å². The van der Waals surface area contributed by atoms with E-state index in [9.17, 15) is 14.4 Å². The molecule has 17 heteroatoms. The van der Waals surface area contributed by atoms with E-state index in [1.54, 1.807) is 18.0 Å². The van der Waals surface area contributed by atoms with Crippen LogP contribution in [0.15, 0.2) is 30.4 Å². The third-order valence-electron chi connectivity index (χ3n) is 14.2. The quantitative estimate of drug-likeness (QED) is 0.0822. The molecule has 0 unspecified atom stereocenters. The largest absolute Gasteiger partial charge is 0.460 e. The van der Waals surface area contributed by atoms with Crippen molar-refractivity contribution in [1.29, 1.82) is 0 Å². The summed E-state index contributed by atoms with van der Waals surface area (Å²) >= 11 is 0. The Labute approximate surface area is 398 Å². The lowest BCUT2D eigenvalue weighted by molar-refractivity contribution is -0.139. The molecule has 6 aliphatic rings. The summed E-state index contributed by atoms with van der Waals surface area (Å²) in [6, 6.07) is 5.93. The van der Waals surface area contributed by atoms with Gasteiger partial charge in [-0.3, -0.25) is 29.1 Å². The van der Waals surface area contributed by atoms with E-state index in [0.717, 1.165) is 90.9 Å². The number of nitrogens with zero attached hydrogens (tertiary/aromatic N) is 6. The van der Waals surface area contributed by atoms with Gasteiger partial charge in [0.2, 0.25) is 5.91 Å². The normalized spacial score (nSPS) is 19.7. The number of esters is 1. The van der Waals surface area contributed by atoms with Gasteiger partial charge in [-0.2, -0.15) is 0 Å². The van der Waals surface area contributed by atoms with Crippen molar-refractivity contribution in [2.75, 3.05) is 112 Å². The second-order valence-corrected chi connectivity index (χ2v) is 18.3. The molecule has 0 aliphatic carbocycles. The van der Waals surface area contributed by atoms with Crippen LogP contribution in [-0.4, -0.2) is 175 Å². The number of H-pyrrole nitrogens is 2. The lowest BCUT2D eigenvalue weighted by Crippen LogP contribution is -2.47. The van der Waals surface area contributed by atoms with E-state index >= 15 is 4.79 Å². The van der Waals surface area contributed by atoms with Gasteiger partial charge in [-0.05, 0) is 80.2 Å². The summed E-state index contributed by atoms with van der Waals surface area (Å²) in [5.74, 6) is -1.78. The van der Waals surface area contributed by atoms with Gasteiger partial charge in [-0.1, -0.05) is 13.8 Å². The monoisotopic (exact) mass is 934 g/mol. The first-order valence-electron chi connectivity index (χ1n) is 24.2. The van der Waals surface area contributed by atoms with Gasteiger partial charge in [0.05, 0.1) is 79.1 Å². The Hall–Kier alpha value is -5.56. The minimum atomic E-state index is -0.495. The lowest BCUT2D eigenvalue weighted by Gasteiger charge is -2.31. The summed E-state index contributed by atoms with van der Waals surface area (Å²) in [5, 5.41) is 0. The fourth-order valence-corrected chi connectivity index (χ4v) is 9.96. The van der Waals surface area contributed by atoms with Crippen LogP contribution in [0.4, 0.5) is 0 Å². The van der Waals surface area contributed by atoms with Crippen LogP contribution < -0.4 is 5.73 Å². The van der Waals surface area contributed by atoms with Crippen LogP contribution in [0.1, 0.15) is 119 Å². The van der Waals surface area contributed by atoms with Crippen molar-refractivity contribution in [3.05, 3.63) is 81.2 Å². The molecule has 68 heavy (non-hydrogen) atoms. The first-order chi connectivity index (χ1) is 32.9. The van der Waals surface area contributed by atoms with E-state index in [1.807, 2.05) is 39.0 Å². The number of fused-ring (bicyclic) bond motifs is 8. The van der Waals surface area contributed by atoms with Crippen molar-refractivity contribution in [1.82, 2.24) is 39.5 Å². The zero-order valence-electron chi connectivity index (χ0n) is 40.5. The molecule has 364 valence electrons. The molecule has 0 aromatic carbocycles. The highest BCUT2D eigenvalue weighted by Gasteiger charge is 2.41. The lowest BCUT2D eigenvalue weighted by atomic mass is 9.84. The number of hydrogen-bond donors (Lipinski definition) is 3. The van der Waals surface area contributed by atoms with Crippen LogP contribution in [0, 0.1) is 6.92 Å². The number of amides is 3. The van der Waals surface area contributed by atoms with Gasteiger partial charge in [-0.15, -0.1) is 0 Å². The SMILES string of the molecule is CCC1=C(C)c2cc3nc(cc4[nH]c(c5c6[nH]c(cc1n2)c(C)c6C(=O)N(CCN1CCOCC1)C5=O)[C@@H](CCC(=O)N(C)CCN)[C@@H]4C)C(C)=C3/C=C/C(=O)OCCOCCN1CCOCC1. The van der Waals surface area contributed by atoms with E-state index in [1.165, 1.54) is 11.0 Å². The van der Waals surface area contributed by atoms with Crippen LogP contribution in [-0.2, 0) is 28.5 Å². The average Bonchev–Trinajstić information content (AvgIpc) is 4.02. The number of imide groups is 1. The number of allylic oxidation sites excluding steroid dienone is 5. The molecule has 2 atom stereocenters. The molecule has 0 spiro atoms. The Kier molecular flexibility index (Phi) is 15.7. The number of morpholine rings is 2. The molecule has 8 rings (SSSR count). The number of ether oxygens (including phenoxy) is 4. The standard InChI is InChI=1S/C51H67N9O8/c1-7-35-31(2)39-29-43-36(9-11-45(62)68-27-26-67-25-20-59-18-23-66-24-19-59)32(3)38(54-43)28-40-33(4)37(8-10-44(61)57(6)13-12-52)48(55-40)47-49-46(34(5)41(56-49)30-42(35)53-39)50(63)60(51(47)64)15-14-58-16-21-65-22-17-58/h9,11,28-30,33,37,55-56H,7-8,10,12-27,52H2,1-6H3/b11-9+,40-28?,42-30?,43-29?,48-47?/t33-,37-/m0/s1. The molecule has 17 nitrogen and oxygen atoms in total. The Morgan fingerprint density at radius 3 is 2.24 bits per heavy atom. The highest BCUT2D eigenvalue weighted by Crippen LogP contribution is 2.45. The van der Waals surface area contributed by atoms with Crippen LogP contribution in [0.5, 0.6) is 0 Å². The molecular formula is C51H67N9O8. The van der Waals surface area contributed by atoms with Crippen molar-refractivity contribution < 1.29 is 38.1 Å². The molecule has 4 N–H and O–H groups in total. The van der Waals surface area contributed by atoms with Crippen molar-refractivity contribution in [3.63, 3.8) is 0 Å². The second kappa shape index (κ2) is 21.8. The number of carbonyl (C=O) groups excluding carboxylic acids is 4. The zero-order valence-corrected chi connectivity index (χ0v) is 40.5. The molecule has 0 saturated carbocycles. The van der Waals surface area contributed by atoms with Crippen molar-refractivity contribution in [2.45, 2.75) is 65.7 Å². The molecule has 6 aliphatic heterocycles. The highest BCUT2D eigenvalue weighted by molar-refractivity contribution is 6.23. The number of carbonyl (C=O) groups is 4. The fourth-order valence-electron chi connectivity index (χ4n) is 9.96.